The summed E-state index contributed by atoms with van der Waals surface area (Å²) in [5.41, 5.74) is 1.23. The number of benzene rings is 1. The van der Waals surface area contributed by atoms with Crippen molar-refractivity contribution < 1.29 is 22.6 Å². The molecule has 5 nitrogen and oxygen atoms in total. The maximum atomic E-state index is 13.9. The molecule has 0 bridgehead atoms. The van der Waals surface area contributed by atoms with Gasteiger partial charge in [0.15, 0.2) is 0 Å². The third-order valence-corrected chi connectivity index (χ3v) is 8.54. The van der Waals surface area contributed by atoms with Crippen LogP contribution in [0.25, 0.3) is 11.3 Å². The van der Waals surface area contributed by atoms with Crippen molar-refractivity contribution in [3.8, 4) is 11.3 Å². The maximum Gasteiger partial charge on any atom is 0.420 e. The number of aromatic nitrogens is 3. The molecular weight excluding hydrogens is 495 g/mol. The van der Waals surface area contributed by atoms with Crippen LogP contribution in [0, 0.1) is 0 Å². The lowest BCUT2D eigenvalue weighted by Crippen LogP contribution is -2.22. The highest BCUT2D eigenvalue weighted by atomic mass is 28.3. The van der Waals surface area contributed by atoms with Gasteiger partial charge < -0.3 is 9.47 Å². The van der Waals surface area contributed by atoms with Crippen molar-refractivity contribution in [2.75, 3.05) is 6.61 Å². The van der Waals surface area contributed by atoms with Crippen molar-refractivity contribution in [3.05, 3.63) is 71.7 Å². The second kappa shape index (κ2) is 11.9. The van der Waals surface area contributed by atoms with Gasteiger partial charge in [0, 0.05) is 32.6 Å². The van der Waals surface area contributed by atoms with E-state index in [-0.39, 0.29) is 25.1 Å². The Morgan fingerprint density at radius 2 is 1.73 bits per heavy atom. The predicted molar refractivity (Wildman–Crippen MR) is 141 cm³/mol. The lowest BCUT2D eigenvalue weighted by atomic mass is 9.83. The summed E-state index contributed by atoms with van der Waals surface area (Å²) in [7, 11) is -1.29. The topological polar surface area (TPSA) is 49.2 Å². The third kappa shape index (κ3) is 7.75. The predicted octanol–water partition coefficient (Wildman–Crippen LogP) is 7.52. The van der Waals surface area contributed by atoms with Crippen LogP contribution in [-0.4, -0.2) is 35.5 Å². The summed E-state index contributed by atoms with van der Waals surface area (Å²) >= 11 is 0. The molecule has 9 heteroatoms. The van der Waals surface area contributed by atoms with E-state index in [2.05, 4.69) is 54.0 Å². The Kier molecular flexibility index (Phi) is 8.87. The highest BCUT2D eigenvalue weighted by Crippen LogP contribution is 2.38. The molecule has 1 fully saturated rings. The van der Waals surface area contributed by atoms with E-state index in [1.54, 1.807) is 18.3 Å². The van der Waals surface area contributed by atoms with E-state index in [9.17, 15) is 13.2 Å². The maximum absolute atomic E-state index is 13.9. The van der Waals surface area contributed by atoms with Crippen LogP contribution in [0.2, 0.25) is 25.7 Å². The molecule has 0 radical (unpaired) electrons. The zero-order valence-electron chi connectivity index (χ0n) is 21.8. The SMILES string of the molecule is C[Si](C)(C)CCOCn1cc(C(F)(F)F)c(-c2cccnc2CO[C@H]2CC[C@@H](c3ccccc3)CC2)n1. The second-order valence-corrected chi connectivity index (χ2v) is 16.6. The molecule has 0 aliphatic heterocycles. The van der Waals surface area contributed by atoms with Gasteiger partial charge in [0.2, 0.25) is 0 Å². The van der Waals surface area contributed by atoms with E-state index in [1.165, 1.54) is 10.2 Å². The Morgan fingerprint density at radius 1 is 1.00 bits per heavy atom. The van der Waals surface area contributed by atoms with Gasteiger partial charge in [-0.25, -0.2) is 4.68 Å². The Morgan fingerprint density at radius 3 is 2.41 bits per heavy atom. The number of hydrogen-bond donors (Lipinski definition) is 0. The Balaban J connectivity index is 1.43. The van der Waals surface area contributed by atoms with Gasteiger partial charge in [0.05, 0.1) is 18.4 Å². The van der Waals surface area contributed by atoms with Crippen LogP contribution < -0.4 is 0 Å². The quantitative estimate of drug-likeness (QED) is 0.201. The summed E-state index contributed by atoms with van der Waals surface area (Å²) in [6.45, 7) is 7.31. The molecule has 4 rings (SSSR count). The first-order valence-electron chi connectivity index (χ1n) is 12.9. The molecule has 0 unspecified atom stereocenters. The number of nitrogens with zero attached hydrogens (tertiary/aromatic N) is 3. The number of ether oxygens (including phenoxy) is 2. The highest BCUT2D eigenvalue weighted by Gasteiger charge is 2.37. The first-order chi connectivity index (χ1) is 17.6. The monoisotopic (exact) mass is 531 g/mol. The first-order valence-corrected chi connectivity index (χ1v) is 16.6. The van der Waals surface area contributed by atoms with Crippen molar-refractivity contribution >= 4 is 8.07 Å². The molecule has 2 aromatic heterocycles. The van der Waals surface area contributed by atoms with Crippen LogP contribution >= 0.6 is 0 Å². The molecule has 2 heterocycles. The number of alkyl halides is 3. The Labute approximate surface area is 218 Å². The van der Waals surface area contributed by atoms with Crippen molar-refractivity contribution in [3.63, 3.8) is 0 Å². The van der Waals surface area contributed by atoms with Gasteiger partial charge in [0.1, 0.15) is 18.0 Å². The average Bonchev–Trinajstić information content (AvgIpc) is 3.31. The molecule has 1 aliphatic carbocycles. The third-order valence-electron chi connectivity index (χ3n) is 6.83. The molecule has 200 valence electrons. The fourth-order valence-corrected chi connectivity index (χ4v) is 5.44. The van der Waals surface area contributed by atoms with Gasteiger partial charge in [0.25, 0.3) is 0 Å². The lowest BCUT2D eigenvalue weighted by Gasteiger charge is -2.29. The minimum atomic E-state index is -4.55. The van der Waals surface area contributed by atoms with Crippen LogP contribution in [0.4, 0.5) is 13.2 Å². The van der Waals surface area contributed by atoms with Crippen LogP contribution in [0.15, 0.2) is 54.9 Å². The standard InChI is InChI=1S/C28H36F3N3O2Si/c1-37(2,3)17-16-35-20-34-18-25(28(29,30)31)27(33-34)24-10-7-15-32-26(24)19-36-23-13-11-22(12-14-23)21-8-5-4-6-9-21/h4-10,15,18,22-23H,11-14,16-17,19-20H2,1-3H3/t22-,23+. The van der Waals surface area contributed by atoms with Crippen LogP contribution in [0.1, 0.15) is 48.4 Å². The van der Waals surface area contributed by atoms with E-state index in [4.69, 9.17) is 9.47 Å². The van der Waals surface area contributed by atoms with Crippen molar-refractivity contribution in [1.82, 2.24) is 14.8 Å². The summed E-state index contributed by atoms with van der Waals surface area (Å²) in [5, 5.41) is 4.27. The molecule has 0 saturated heterocycles. The average molecular weight is 532 g/mol. The van der Waals surface area contributed by atoms with E-state index in [0.717, 1.165) is 37.9 Å². The summed E-state index contributed by atoms with van der Waals surface area (Å²) in [6.07, 6.45) is 2.01. The molecule has 1 saturated carbocycles. The molecular formula is C28H36F3N3O2Si. The zero-order valence-corrected chi connectivity index (χ0v) is 22.8. The van der Waals surface area contributed by atoms with Gasteiger partial charge >= 0.3 is 6.18 Å². The fourth-order valence-electron chi connectivity index (χ4n) is 4.68. The van der Waals surface area contributed by atoms with Gasteiger partial charge in [-0.1, -0.05) is 50.0 Å². The molecule has 1 aromatic carbocycles. The molecule has 37 heavy (non-hydrogen) atoms. The molecule has 0 amide bonds. The van der Waals surface area contributed by atoms with Gasteiger partial charge in [-0.2, -0.15) is 18.3 Å². The Hall–Kier alpha value is -2.49. The van der Waals surface area contributed by atoms with E-state index in [1.807, 2.05) is 6.07 Å². The normalized spacial score (nSPS) is 18.8. The fraction of sp³-hybridized carbons (Fsp3) is 0.500. The molecule has 3 aromatic rings. The number of halogens is 3. The van der Waals surface area contributed by atoms with Crippen molar-refractivity contribution in [2.45, 2.75) is 82.9 Å². The molecule has 1 aliphatic rings. The van der Waals surface area contributed by atoms with Crippen molar-refractivity contribution in [1.29, 1.82) is 0 Å². The summed E-state index contributed by atoms with van der Waals surface area (Å²) in [5.74, 6) is 0.526. The van der Waals surface area contributed by atoms with Crippen LogP contribution in [-0.2, 0) is 29.0 Å². The van der Waals surface area contributed by atoms with Crippen molar-refractivity contribution in [2.24, 2.45) is 0 Å². The smallest absolute Gasteiger partial charge is 0.372 e. The molecule has 0 N–H and O–H groups in total. The van der Waals surface area contributed by atoms with E-state index < -0.39 is 19.8 Å². The summed E-state index contributed by atoms with van der Waals surface area (Å²) in [4.78, 5) is 4.37. The molecule has 0 atom stereocenters. The minimum absolute atomic E-state index is 0.0235. The van der Waals surface area contributed by atoms with Crippen LogP contribution in [0.5, 0.6) is 0 Å². The summed E-state index contributed by atoms with van der Waals surface area (Å²) in [6, 6.07) is 14.7. The largest absolute Gasteiger partial charge is 0.420 e. The zero-order chi connectivity index (χ0) is 26.5. The van der Waals surface area contributed by atoms with E-state index >= 15 is 0 Å². The van der Waals surface area contributed by atoms with Gasteiger partial charge in [-0.3, -0.25) is 4.98 Å². The Bertz CT molecular complexity index is 1140. The van der Waals surface area contributed by atoms with E-state index in [0.29, 0.717) is 23.8 Å². The van der Waals surface area contributed by atoms with Gasteiger partial charge in [-0.15, -0.1) is 0 Å². The number of hydrogen-bond acceptors (Lipinski definition) is 4. The van der Waals surface area contributed by atoms with Crippen LogP contribution in [0.3, 0.4) is 0 Å². The van der Waals surface area contributed by atoms with Gasteiger partial charge in [-0.05, 0) is 55.3 Å². The summed E-state index contributed by atoms with van der Waals surface area (Å²) < 4.78 is 54.8. The number of pyridine rings is 1. The molecule has 0 spiro atoms. The first kappa shape index (κ1) is 27.5. The number of rotatable bonds is 10. The highest BCUT2D eigenvalue weighted by molar-refractivity contribution is 6.76. The minimum Gasteiger partial charge on any atom is -0.372 e. The second-order valence-electron chi connectivity index (χ2n) is 11.0. The lowest BCUT2D eigenvalue weighted by molar-refractivity contribution is -0.137.